The van der Waals surface area contributed by atoms with Crippen molar-refractivity contribution in [2.24, 2.45) is 0 Å². The lowest BCUT2D eigenvalue weighted by atomic mass is 10.00. The first-order chi connectivity index (χ1) is 19.5. The monoisotopic (exact) mass is 582 g/mol. The van der Waals surface area contributed by atoms with Crippen molar-refractivity contribution in [2.45, 2.75) is 51.2 Å². The molecule has 1 atom stereocenters. The summed E-state index contributed by atoms with van der Waals surface area (Å²) in [6.07, 6.45) is 5.41. The fourth-order valence-corrected chi connectivity index (χ4v) is 5.43. The molecule has 1 unspecified atom stereocenters. The number of rotatable bonds is 4. The molecule has 4 aromatic heterocycles. The van der Waals surface area contributed by atoms with Crippen LogP contribution < -0.4 is 20.6 Å². The number of aryl methyl sites for hydroxylation is 2. The maximum atomic E-state index is 16.4. The third-order valence-electron chi connectivity index (χ3n) is 7.24. The van der Waals surface area contributed by atoms with Gasteiger partial charge >= 0.3 is 0 Å². The molecule has 0 amide bonds. The van der Waals surface area contributed by atoms with Crippen LogP contribution in [0.5, 0.6) is 11.5 Å². The van der Waals surface area contributed by atoms with Crippen LogP contribution in [0, 0.1) is 11.6 Å². The van der Waals surface area contributed by atoms with E-state index in [1.54, 1.807) is 6.07 Å². The number of aliphatic hydroxyl groups is 1. The zero-order chi connectivity index (χ0) is 29.1. The van der Waals surface area contributed by atoms with Crippen molar-refractivity contribution < 1.29 is 23.4 Å². The lowest BCUT2D eigenvalue weighted by Gasteiger charge is -2.23. The molecule has 41 heavy (non-hydrogen) atoms. The Hall–Kier alpha value is -4.09. The molecule has 0 radical (unpaired) electrons. The minimum atomic E-state index is -1.47. The standard InChI is InChI=1S/C29H25ClF2N4O5/c1-29(2,39)18-8-5-9-35(27(18)37)26-23(32)25-15(12-34-26)6-3-4-7-17-11-19(22(30)28(38)36(17)25)41-21-14-40-20-10-16(31)13-33-24(20)21/h5,8-13,21,39H,3-4,6-7,14H2,1-2H3. The molecule has 0 fully saturated rings. The Kier molecular flexibility index (Phi) is 6.66. The Morgan fingerprint density at radius 1 is 1.12 bits per heavy atom. The Labute approximate surface area is 237 Å². The first-order valence-electron chi connectivity index (χ1n) is 13.1. The molecule has 6 rings (SSSR count). The van der Waals surface area contributed by atoms with Crippen molar-refractivity contribution in [2.75, 3.05) is 6.61 Å². The zero-order valence-electron chi connectivity index (χ0n) is 22.2. The van der Waals surface area contributed by atoms with Gasteiger partial charge in [0.15, 0.2) is 17.7 Å². The molecule has 2 aliphatic heterocycles. The van der Waals surface area contributed by atoms with Crippen LogP contribution in [0.4, 0.5) is 8.78 Å². The molecule has 0 bridgehead atoms. The zero-order valence-corrected chi connectivity index (χ0v) is 22.9. The van der Waals surface area contributed by atoms with Crippen LogP contribution in [0.2, 0.25) is 5.02 Å². The van der Waals surface area contributed by atoms with Gasteiger partial charge in [-0.05, 0) is 57.2 Å². The largest absolute Gasteiger partial charge is 0.487 e. The SMILES string of the molecule is CC(C)(O)c1cccn(-c2ncc3c(c2F)-n2c(cc(OC4COc5cc(F)cnc54)c(Cl)c2=O)CCCC3)c1=O. The van der Waals surface area contributed by atoms with E-state index < -0.39 is 34.5 Å². The van der Waals surface area contributed by atoms with Gasteiger partial charge in [0.1, 0.15) is 34.6 Å². The maximum Gasteiger partial charge on any atom is 0.278 e. The van der Waals surface area contributed by atoms with Gasteiger partial charge in [-0.25, -0.2) is 13.8 Å². The van der Waals surface area contributed by atoms with E-state index in [4.69, 9.17) is 21.1 Å². The summed E-state index contributed by atoms with van der Waals surface area (Å²) in [6.45, 7) is 2.96. The fourth-order valence-electron chi connectivity index (χ4n) is 5.25. The summed E-state index contributed by atoms with van der Waals surface area (Å²) in [6, 6.07) is 5.77. The first-order valence-corrected chi connectivity index (χ1v) is 13.4. The number of halogens is 3. The topological polar surface area (TPSA) is 108 Å². The quantitative estimate of drug-likeness (QED) is 0.382. The molecule has 4 aromatic rings. The van der Waals surface area contributed by atoms with E-state index in [1.807, 2.05) is 0 Å². The van der Waals surface area contributed by atoms with Crippen LogP contribution in [0.1, 0.15) is 55.3 Å². The van der Waals surface area contributed by atoms with Crippen molar-refractivity contribution >= 4 is 11.6 Å². The highest BCUT2D eigenvalue weighted by molar-refractivity contribution is 6.31. The van der Waals surface area contributed by atoms with Crippen LogP contribution in [0.3, 0.4) is 0 Å². The molecule has 0 aliphatic carbocycles. The van der Waals surface area contributed by atoms with Crippen molar-refractivity contribution in [3.8, 4) is 23.0 Å². The summed E-state index contributed by atoms with van der Waals surface area (Å²) in [7, 11) is 0. The molecular formula is C29H25ClF2N4O5. The molecule has 212 valence electrons. The van der Waals surface area contributed by atoms with E-state index >= 15 is 4.39 Å². The number of fused-ring (bicyclic) bond motifs is 4. The van der Waals surface area contributed by atoms with Crippen molar-refractivity contribution in [1.82, 2.24) is 19.1 Å². The molecule has 0 saturated heterocycles. The number of aromatic nitrogens is 4. The Bertz CT molecular complexity index is 1820. The Balaban J connectivity index is 1.49. The summed E-state index contributed by atoms with van der Waals surface area (Å²) in [4.78, 5) is 35.2. The van der Waals surface area contributed by atoms with Crippen molar-refractivity contribution in [1.29, 1.82) is 0 Å². The lowest BCUT2D eigenvalue weighted by Crippen LogP contribution is -2.32. The average Bonchev–Trinajstić information content (AvgIpc) is 3.30. The first kappa shape index (κ1) is 27.1. The van der Waals surface area contributed by atoms with Crippen LogP contribution in [-0.4, -0.2) is 30.8 Å². The van der Waals surface area contributed by atoms with Gasteiger partial charge in [0, 0.05) is 35.8 Å². The van der Waals surface area contributed by atoms with Gasteiger partial charge in [-0.1, -0.05) is 11.6 Å². The van der Waals surface area contributed by atoms with Gasteiger partial charge in [0.05, 0.1) is 17.5 Å². The van der Waals surface area contributed by atoms with E-state index in [9.17, 15) is 19.1 Å². The number of ether oxygens (including phenoxy) is 2. The second-order valence-corrected chi connectivity index (χ2v) is 10.9. The van der Waals surface area contributed by atoms with E-state index in [0.29, 0.717) is 42.6 Å². The summed E-state index contributed by atoms with van der Waals surface area (Å²) in [5.74, 6) is -1.43. The third kappa shape index (κ3) is 4.68. The highest BCUT2D eigenvalue weighted by Gasteiger charge is 2.31. The maximum absolute atomic E-state index is 16.4. The average molecular weight is 583 g/mol. The molecule has 12 heteroatoms. The van der Waals surface area contributed by atoms with Crippen molar-refractivity contribution in [3.63, 3.8) is 0 Å². The molecule has 6 heterocycles. The third-order valence-corrected chi connectivity index (χ3v) is 7.59. The Morgan fingerprint density at radius 3 is 2.68 bits per heavy atom. The summed E-state index contributed by atoms with van der Waals surface area (Å²) in [5.41, 5.74) is -1.49. The molecule has 1 N–H and O–H groups in total. The highest BCUT2D eigenvalue weighted by Crippen LogP contribution is 2.37. The minimum Gasteiger partial charge on any atom is -0.487 e. The molecular weight excluding hydrogens is 558 g/mol. The van der Waals surface area contributed by atoms with Gasteiger partial charge < -0.3 is 14.6 Å². The number of hydrogen-bond acceptors (Lipinski definition) is 7. The van der Waals surface area contributed by atoms with E-state index in [1.165, 1.54) is 49.0 Å². The summed E-state index contributed by atoms with van der Waals surface area (Å²) in [5, 5.41) is 10.2. The van der Waals surface area contributed by atoms with E-state index in [2.05, 4.69) is 9.97 Å². The van der Waals surface area contributed by atoms with Gasteiger partial charge in [-0.15, -0.1) is 0 Å². The minimum absolute atomic E-state index is 0.0459. The molecule has 2 aliphatic rings. The van der Waals surface area contributed by atoms with Gasteiger partial charge in [0.25, 0.3) is 11.1 Å². The molecule has 9 nitrogen and oxygen atoms in total. The summed E-state index contributed by atoms with van der Waals surface area (Å²) < 4.78 is 43.7. The normalized spacial score (nSPS) is 16.2. The van der Waals surface area contributed by atoms with E-state index in [-0.39, 0.29) is 40.2 Å². The molecule has 0 saturated carbocycles. The van der Waals surface area contributed by atoms with Crippen molar-refractivity contribution in [3.05, 3.63) is 103 Å². The smallest absolute Gasteiger partial charge is 0.278 e. The Morgan fingerprint density at radius 2 is 1.90 bits per heavy atom. The van der Waals surface area contributed by atoms with E-state index in [0.717, 1.165) is 10.8 Å². The van der Waals surface area contributed by atoms with Crippen LogP contribution >= 0.6 is 11.6 Å². The van der Waals surface area contributed by atoms with Gasteiger partial charge in [-0.2, -0.15) is 0 Å². The lowest BCUT2D eigenvalue weighted by molar-refractivity contribution is 0.0767. The number of nitrogens with zero attached hydrogens (tertiary/aromatic N) is 4. The second kappa shape index (κ2) is 10.1. The number of hydrogen-bond donors (Lipinski definition) is 1. The van der Waals surface area contributed by atoms with Crippen LogP contribution in [0.25, 0.3) is 11.5 Å². The predicted octanol–water partition coefficient (Wildman–Crippen LogP) is 4.33. The second-order valence-electron chi connectivity index (χ2n) is 10.5. The van der Waals surface area contributed by atoms with Crippen LogP contribution in [0.15, 0.2) is 52.4 Å². The van der Waals surface area contributed by atoms with Gasteiger partial charge in [0.2, 0.25) is 0 Å². The number of pyridine rings is 4. The molecule has 0 aromatic carbocycles. The highest BCUT2D eigenvalue weighted by atomic mass is 35.5. The van der Waals surface area contributed by atoms with Crippen LogP contribution in [-0.2, 0) is 18.4 Å². The van der Waals surface area contributed by atoms with Gasteiger partial charge in [-0.3, -0.25) is 23.7 Å². The summed E-state index contributed by atoms with van der Waals surface area (Å²) >= 11 is 6.53. The molecule has 0 spiro atoms. The fraction of sp³-hybridized carbons (Fsp3) is 0.310. The predicted molar refractivity (Wildman–Crippen MR) is 145 cm³/mol.